The summed E-state index contributed by atoms with van der Waals surface area (Å²) in [5, 5.41) is 19.7. The molecule has 0 aromatic carbocycles. The van der Waals surface area contributed by atoms with Crippen LogP contribution in [0.2, 0.25) is 0 Å². The van der Waals surface area contributed by atoms with E-state index >= 15 is 0 Å². The van der Waals surface area contributed by atoms with Gasteiger partial charge in [-0.1, -0.05) is 71.1 Å². The standard InChI is InChI=1S/C18H33NO5.Na.H/c1-2-3-4-5-6-7-8-9-10-11-12-13-16(20)19-15(18(23)24)14-17(21)22;;/h15H,2-14H2,1H3,(H,19,20)(H,21,22)(H,23,24);;/q;+1;-1/t15-;;/m0../s1. The van der Waals surface area contributed by atoms with Gasteiger partial charge in [-0.15, -0.1) is 0 Å². The fourth-order valence-corrected chi connectivity index (χ4v) is 2.59. The number of hydrogen-bond acceptors (Lipinski definition) is 3. The molecule has 0 rings (SSSR count). The normalized spacial score (nSPS) is 11.4. The first kappa shape index (κ1) is 26.6. The first-order chi connectivity index (χ1) is 11.5. The van der Waals surface area contributed by atoms with Gasteiger partial charge < -0.3 is 17.0 Å². The maximum absolute atomic E-state index is 11.6. The van der Waals surface area contributed by atoms with E-state index in [9.17, 15) is 14.4 Å². The van der Waals surface area contributed by atoms with Crippen LogP contribution in [0, 0.1) is 0 Å². The van der Waals surface area contributed by atoms with E-state index in [1.165, 1.54) is 51.4 Å². The van der Waals surface area contributed by atoms with Crippen molar-refractivity contribution in [1.82, 2.24) is 5.32 Å². The minimum atomic E-state index is -1.34. The minimum absolute atomic E-state index is 0. The van der Waals surface area contributed by atoms with Crippen LogP contribution in [0.25, 0.3) is 0 Å². The number of carbonyl (C=O) groups excluding carboxylic acids is 1. The molecule has 0 aliphatic heterocycles. The number of carboxylic acids is 2. The van der Waals surface area contributed by atoms with Crippen molar-refractivity contribution in [1.29, 1.82) is 0 Å². The van der Waals surface area contributed by atoms with Gasteiger partial charge in [0.25, 0.3) is 0 Å². The summed E-state index contributed by atoms with van der Waals surface area (Å²) >= 11 is 0. The third kappa shape index (κ3) is 18.0. The van der Waals surface area contributed by atoms with Gasteiger partial charge in [-0.05, 0) is 6.42 Å². The molecule has 0 spiro atoms. The zero-order valence-electron chi connectivity index (χ0n) is 16.9. The number of rotatable bonds is 16. The minimum Gasteiger partial charge on any atom is -1.00 e. The van der Waals surface area contributed by atoms with Crippen LogP contribution in [0.4, 0.5) is 0 Å². The molecular formula is C18H34NNaO5. The quantitative estimate of drug-likeness (QED) is 0.277. The topological polar surface area (TPSA) is 104 Å². The Balaban J connectivity index is -0.00000264. The summed E-state index contributed by atoms with van der Waals surface area (Å²) in [4.78, 5) is 33.0. The van der Waals surface area contributed by atoms with Crippen LogP contribution < -0.4 is 34.9 Å². The third-order valence-corrected chi connectivity index (χ3v) is 4.02. The molecule has 0 unspecified atom stereocenters. The Labute approximate surface area is 174 Å². The summed E-state index contributed by atoms with van der Waals surface area (Å²) in [6, 6.07) is -1.34. The molecule has 0 aromatic heterocycles. The largest absolute Gasteiger partial charge is 1.00 e. The molecule has 6 nitrogen and oxygen atoms in total. The van der Waals surface area contributed by atoms with Crippen LogP contribution in [-0.4, -0.2) is 34.1 Å². The van der Waals surface area contributed by atoms with E-state index in [2.05, 4.69) is 12.2 Å². The summed E-state index contributed by atoms with van der Waals surface area (Å²) in [7, 11) is 0. The monoisotopic (exact) mass is 367 g/mol. The van der Waals surface area contributed by atoms with Gasteiger partial charge in [-0.3, -0.25) is 9.59 Å². The van der Waals surface area contributed by atoms with Crippen LogP contribution in [0.5, 0.6) is 0 Å². The first-order valence-electron chi connectivity index (χ1n) is 9.21. The molecular weight excluding hydrogens is 333 g/mol. The van der Waals surface area contributed by atoms with Gasteiger partial charge in [0.05, 0.1) is 6.42 Å². The van der Waals surface area contributed by atoms with E-state index < -0.39 is 24.4 Å². The van der Waals surface area contributed by atoms with E-state index in [4.69, 9.17) is 10.2 Å². The maximum Gasteiger partial charge on any atom is 1.00 e. The molecule has 0 aromatic rings. The number of hydrogen-bond donors (Lipinski definition) is 3. The predicted octanol–water partition coefficient (Wildman–Crippen LogP) is 0.848. The number of unbranched alkanes of at least 4 members (excludes halogenated alkanes) is 10. The summed E-state index contributed by atoms with van der Waals surface area (Å²) in [5.74, 6) is -2.94. The van der Waals surface area contributed by atoms with Gasteiger partial charge in [0.1, 0.15) is 6.04 Å². The van der Waals surface area contributed by atoms with Gasteiger partial charge in [0.2, 0.25) is 5.91 Å². The average Bonchev–Trinajstić information content (AvgIpc) is 2.51. The van der Waals surface area contributed by atoms with Crippen molar-refractivity contribution in [3.05, 3.63) is 0 Å². The van der Waals surface area contributed by atoms with Crippen molar-refractivity contribution in [3.63, 3.8) is 0 Å². The number of nitrogens with one attached hydrogen (secondary N) is 1. The Morgan fingerprint density at radius 3 is 1.68 bits per heavy atom. The van der Waals surface area contributed by atoms with E-state index in [-0.39, 0.29) is 43.3 Å². The van der Waals surface area contributed by atoms with E-state index in [0.717, 1.165) is 12.8 Å². The molecule has 1 atom stereocenters. The summed E-state index contributed by atoms with van der Waals surface area (Å²) in [5.41, 5.74) is 0. The Morgan fingerprint density at radius 2 is 1.28 bits per heavy atom. The van der Waals surface area contributed by atoms with Crippen LogP contribution in [0.15, 0.2) is 0 Å². The van der Waals surface area contributed by atoms with Crippen LogP contribution >= 0.6 is 0 Å². The van der Waals surface area contributed by atoms with Gasteiger partial charge >= 0.3 is 41.5 Å². The third-order valence-electron chi connectivity index (χ3n) is 4.02. The van der Waals surface area contributed by atoms with Gasteiger partial charge in [0.15, 0.2) is 0 Å². The zero-order valence-corrected chi connectivity index (χ0v) is 17.9. The van der Waals surface area contributed by atoms with Crippen molar-refractivity contribution in [2.45, 2.75) is 96.4 Å². The predicted molar refractivity (Wildman–Crippen MR) is 94.0 cm³/mol. The molecule has 142 valence electrons. The Hall–Kier alpha value is -0.590. The Bertz CT molecular complexity index is 383. The summed E-state index contributed by atoms with van der Waals surface area (Å²) < 4.78 is 0. The van der Waals surface area contributed by atoms with Crippen molar-refractivity contribution in [2.75, 3.05) is 0 Å². The number of amides is 1. The molecule has 0 saturated heterocycles. The summed E-state index contributed by atoms with van der Waals surface area (Å²) in [6.45, 7) is 2.22. The smallest absolute Gasteiger partial charge is 1.00 e. The maximum atomic E-state index is 11.6. The van der Waals surface area contributed by atoms with E-state index in [1.807, 2.05) is 0 Å². The second-order valence-electron chi connectivity index (χ2n) is 6.34. The van der Waals surface area contributed by atoms with Gasteiger partial charge in [0, 0.05) is 6.42 Å². The molecule has 3 N–H and O–H groups in total. The number of carboxylic acid groups (broad SMARTS) is 2. The van der Waals surface area contributed by atoms with Crippen molar-refractivity contribution < 1.29 is 55.6 Å². The Morgan fingerprint density at radius 1 is 0.840 bits per heavy atom. The molecule has 0 fully saturated rings. The van der Waals surface area contributed by atoms with E-state index in [1.54, 1.807) is 0 Å². The number of aliphatic carboxylic acids is 2. The van der Waals surface area contributed by atoms with Crippen molar-refractivity contribution in [3.8, 4) is 0 Å². The zero-order chi connectivity index (χ0) is 18.2. The second-order valence-corrected chi connectivity index (χ2v) is 6.34. The molecule has 0 radical (unpaired) electrons. The van der Waals surface area contributed by atoms with Crippen LogP contribution in [0.1, 0.15) is 91.8 Å². The van der Waals surface area contributed by atoms with Crippen LogP contribution in [0.3, 0.4) is 0 Å². The van der Waals surface area contributed by atoms with Crippen LogP contribution in [-0.2, 0) is 14.4 Å². The molecule has 0 aliphatic rings. The van der Waals surface area contributed by atoms with E-state index in [0.29, 0.717) is 6.42 Å². The number of carbonyl (C=O) groups is 3. The molecule has 7 heteroatoms. The van der Waals surface area contributed by atoms with Gasteiger partial charge in [-0.2, -0.15) is 0 Å². The first-order valence-corrected chi connectivity index (χ1v) is 9.21. The molecule has 0 bridgehead atoms. The molecule has 0 aliphatic carbocycles. The second kappa shape index (κ2) is 18.2. The van der Waals surface area contributed by atoms with Crippen molar-refractivity contribution in [2.24, 2.45) is 0 Å². The molecule has 0 saturated carbocycles. The fourth-order valence-electron chi connectivity index (χ4n) is 2.59. The van der Waals surface area contributed by atoms with Gasteiger partial charge in [-0.25, -0.2) is 4.79 Å². The average molecular weight is 367 g/mol. The molecule has 0 heterocycles. The summed E-state index contributed by atoms with van der Waals surface area (Å²) in [6.07, 6.45) is 12.7. The Kier molecular flexibility index (Phi) is 19.4. The molecule has 1 amide bonds. The van der Waals surface area contributed by atoms with Crippen molar-refractivity contribution >= 4 is 17.8 Å². The molecule has 25 heavy (non-hydrogen) atoms. The fraction of sp³-hybridized carbons (Fsp3) is 0.833. The SMILES string of the molecule is CCCCCCCCCCCCCC(=O)N[C@@H](CC(=O)O)C(=O)O.[H-].[Na+].